The number of hydrogen-bond donors (Lipinski definition) is 1. The molecule has 3 aromatic rings. The fourth-order valence-electron chi connectivity index (χ4n) is 2.22. The predicted octanol–water partition coefficient (Wildman–Crippen LogP) is 3.15. The number of amides is 1. The minimum atomic E-state index is -0.192. The summed E-state index contributed by atoms with van der Waals surface area (Å²) < 4.78 is 6.99. The first-order valence-corrected chi connectivity index (χ1v) is 9.43. The van der Waals surface area contributed by atoms with E-state index in [1.807, 2.05) is 41.9 Å². The first kappa shape index (κ1) is 18.0. The number of methoxy groups -OCH3 is 1. The number of carbonyl (C=O) groups excluding carboxylic acids is 1. The molecule has 9 heteroatoms. The second kappa shape index (κ2) is 8.03. The van der Waals surface area contributed by atoms with E-state index in [1.54, 1.807) is 18.6 Å². The van der Waals surface area contributed by atoms with E-state index >= 15 is 0 Å². The highest BCUT2D eigenvalue weighted by Gasteiger charge is 2.14. The number of nitrogens with one attached hydrogen (secondary N) is 1. The van der Waals surface area contributed by atoms with E-state index in [1.165, 1.54) is 23.1 Å². The van der Waals surface area contributed by atoms with Gasteiger partial charge in [0.05, 0.1) is 18.4 Å². The molecule has 0 aliphatic rings. The van der Waals surface area contributed by atoms with Gasteiger partial charge < -0.3 is 14.6 Å². The van der Waals surface area contributed by atoms with Gasteiger partial charge in [-0.3, -0.25) is 4.79 Å². The molecule has 0 fully saturated rings. The number of benzene rings is 1. The second-order valence-corrected chi connectivity index (χ2v) is 7.06. The lowest BCUT2D eigenvalue weighted by atomic mass is 10.2. The SMILES string of the molecule is COc1ccc(-c2nnc(SCC(=O)Nc3sccc3C#N)n2C)cc1. The van der Waals surface area contributed by atoms with Crippen molar-refractivity contribution >= 4 is 34.0 Å². The van der Waals surface area contributed by atoms with Gasteiger partial charge >= 0.3 is 0 Å². The van der Waals surface area contributed by atoms with Crippen LogP contribution in [-0.2, 0) is 11.8 Å². The summed E-state index contributed by atoms with van der Waals surface area (Å²) in [6, 6.07) is 11.3. The van der Waals surface area contributed by atoms with Crippen molar-refractivity contribution in [3.63, 3.8) is 0 Å². The Balaban J connectivity index is 1.65. The van der Waals surface area contributed by atoms with Gasteiger partial charge in [-0.25, -0.2) is 0 Å². The quantitative estimate of drug-likeness (QED) is 0.655. The first-order chi connectivity index (χ1) is 12.6. The van der Waals surface area contributed by atoms with Gasteiger partial charge in [0.2, 0.25) is 5.91 Å². The number of thiophene rings is 1. The summed E-state index contributed by atoms with van der Waals surface area (Å²) in [5.41, 5.74) is 1.38. The van der Waals surface area contributed by atoms with Crippen molar-refractivity contribution in [2.24, 2.45) is 7.05 Å². The third kappa shape index (κ3) is 3.87. The zero-order chi connectivity index (χ0) is 18.5. The molecule has 0 saturated heterocycles. The van der Waals surface area contributed by atoms with Crippen LogP contribution in [0.5, 0.6) is 5.75 Å². The number of thioether (sulfide) groups is 1. The average Bonchev–Trinajstić information content (AvgIpc) is 3.26. The van der Waals surface area contributed by atoms with Gasteiger partial charge in [0.1, 0.15) is 16.8 Å². The maximum Gasteiger partial charge on any atom is 0.235 e. The Morgan fingerprint density at radius 1 is 1.35 bits per heavy atom. The van der Waals surface area contributed by atoms with E-state index in [-0.39, 0.29) is 11.7 Å². The van der Waals surface area contributed by atoms with Gasteiger partial charge in [-0.05, 0) is 35.7 Å². The van der Waals surface area contributed by atoms with Crippen LogP contribution < -0.4 is 10.1 Å². The van der Waals surface area contributed by atoms with Crippen molar-refractivity contribution in [2.45, 2.75) is 5.16 Å². The van der Waals surface area contributed by atoms with Crippen molar-refractivity contribution in [1.82, 2.24) is 14.8 Å². The maximum atomic E-state index is 12.1. The predicted molar refractivity (Wildman–Crippen MR) is 101 cm³/mol. The van der Waals surface area contributed by atoms with E-state index < -0.39 is 0 Å². The molecular weight excluding hydrogens is 370 g/mol. The van der Waals surface area contributed by atoms with Gasteiger partial charge in [0, 0.05) is 12.6 Å². The summed E-state index contributed by atoms with van der Waals surface area (Å²) in [5, 5.41) is 23.1. The van der Waals surface area contributed by atoms with Crippen LogP contribution in [0.4, 0.5) is 5.00 Å². The standard InChI is InChI=1S/C17H15N5O2S2/c1-22-15(11-3-5-13(24-2)6-4-11)20-21-17(22)26-10-14(23)19-16-12(9-18)7-8-25-16/h3-8H,10H2,1-2H3,(H,19,23). The normalized spacial score (nSPS) is 10.3. The van der Waals surface area contributed by atoms with Gasteiger partial charge in [-0.15, -0.1) is 21.5 Å². The molecule has 1 aromatic carbocycles. The molecule has 26 heavy (non-hydrogen) atoms. The first-order valence-electron chi connectivity index (χ1n) is 7.56. The zero-order valence-corrected chi connectivity index (χ0v) is 15.7. The van der Waals surface area contributed by atoms with Crippen LogP contribution >= 0.6 is 23.1 Å². The average molecular weight is 385 g/mol. The van der Waals surface area contributed by atoms with Crippen LogP contribution in [-0.4, -0.2) is 33.5 Å². The highest BCUT2D eigenvalue weighted by molar-refractivity contribution is 7.99. The second-order valence-electron chi connectivity index (χ2n) is 5.21. The van der Waals surface area contributed by atoms with Crippen LogP contribution in [0.25, 0.3) is 11.4 Å². The lowest BCUT2D eigenvalue weighted by Crippen LogP contribution is -2.14. The van der Waals surface area contributed by atoms with Crippen LogP contribution in [0, 0.1) is 11.3 Å². The van der Waals surface area contributed by atoms with Crippen molar-refractivity contribution < 1.29 is 9.53 Å². The van der Waals surface area contributed by atoms with E-state index in [9.17, 15) is 4.79 Å². The Morgan fingerprint density at radius 3 is 2.81 bits per heavy atom. The summed E-state index contributed by atoms with van der Waals surface area (Å²) in [6.45, 7) is 0. The third-order valence-electron chi connectivity index (χ3n) is 3.55. The van der Waals surface area contributed by atoms with Crippen molar-refractivity contribution in [1.29, 1.82) is 5.26 Å². The van der Waals surface area contributed by atoms with E-state index in [0.717, 1.165) is 11.3 Å². The van der Waals surface area contributed by atoms with Crippen molar-refractivity contribution in [2.75, 3.05) is 18.2 Å². The van der Waals surface area contributed by atoms with Gasteiger partial charge in [0.25, 0.3) is 0 Å². The van der Waals surface area contributed by atoms with E-state index in [0.29, 0.717) is 21.5 Å². The molecule has 132 valence electrons. The molecule has 2 aromatic heterocycles. The van der Waals surface area contributed by atoms with Crippen LogP contribution in [0.1, 0.15) is 5.56 Å². The number of carbonyl (C=O) groups is 1. The largest absolute Gasteiger partial charge is 0.497 e. The van der Waals surface area contributed by atoms with Gasteiger partial charge in [0.15, 0.2) is 11.0 Å². The molecule has 0 aliphatic heterocycles. The number of ether oxygens (including phenoxy) is 1. The van der Waals surface area contributed by atoms with E-state index in [4.69, 9.17) is 10.00 Å². The molecule has 1 N–H and O–H groups in total. The minimum absolute atomic E-state index is 0.178. The molecule has 0 radical (unpaired) electrons. The Bertz CT molecular complexity index is 956. The Hall–Kier alpha value is -2.83. The number of anilines is 1. The van der Waals surface area contributed by atoms with Crippen LogP contribution in [0.2, 0.25) is 0 Å². The highest BCUT2D eigenvalue weighted by Crippen LogP contribution is 2.25. The molecule has 0 unspecified atom stereocenters. The van der Waals surface area contributed by atoms with Gasteiger partial charge in [-0.2, -0.15) is 5.26 Å². The summed E-state index contributed by atoms with van der Waals surface area (Å²) in [4.78, 5) is 12.1. The molecule has 1 amide bonds. The molecule has 3 rings (SSSR count). The molecule has 0 bridgehead atoms. The van der Waals surface area contributed by atoms with Crippen molar-refractivity contribution in [3.8, 4) is 23.2 Å². The molecule has 0 aliphatic carbocycles. The molecule has 0 atom stereocenters. The maximum absolute atomic E-state index is 12.1. The lowest BCUT2D eigenvalue weighted by Gasteiger charge is -2.05. The molecule has 7 nitrogen and oxygen atoms in total. The Kier molecular flexibility index (Phi) is 5.55. The topological polar surface area (TPSA) is 92.8 Å². The Morgan fingerprint density at radius 2 is 2.12 bits per heavy atom. The number of hydrogen-bond acceptors (Lipinski definition) is 7. The van der Waals surface area contributed by atoms with E-state index in [2.05, 4.69) is 15.5 Å². The number of nitrogens with zero attached hydrogens (tertiary/aromatic N) is 4. The molecule has 0 spiro atoms. The number of rotatable bonds is 6. The monoisotopic (exact) mass is 385 g/mol. The fourth-order valence-corrected chi connectivity index (χ4v) is 3.68. The summed E-state index contributed by atoms with van der Waals surface area (Å²) in [7, 11) is 3.47. The molecule has 2 heterocycles. The molecular formula is C17H15N5O2S2. The third-order valence-corrected chi connectivity index (χ3v) is 5.40. The Labute approximate surface area is 158 Å². The number of nitriles is 1. The molecule has 0 saturated carbocycles. The fraction of sp³-hybridized carbons (Fsp3) is 0.176. The number of aromatic nitrogens is 3. The van der Waals surface area contributed by atoms with Crippen molar-refractivity contribution in [3.05, 3.63) is 41.3 Å². The zero-order valence-electron chi connectivity index (χ0n) is 14.1. The smallest absolute Gasteiger partial charge is 0.235 e. The summed E-state index contributed by atoms with van der Waals surface area (Å²) in [6.07, 6.45) is 0. The summed E-state index contributed by atoms with van der Waals surface area (Å²) in [5.74, 6) is 1.47. The lowest BCUT2D eigenvalue weighted by molar-refractivity contribution is -0.113. The summed E-state index contributed by atoms with van der Waals surface area (Å²) >= 11 is 2.61. The van der Waals surface area contributed by atoms with Crippen LogP contribution in [0.3, 0.4) is 0 Å². The minimum Gasteiger partial charge on any atom is -0.497 e. The van der Waals surface area contributed by atoms with Crippen LogP contribution in [0.15, 0.2) is 40.9 Å². The highest BCUT2D eigenvalue weighted by atomic mass is 32.2. The van der Waals surface area contributed by atoms with Gasteiger partial charge in [-0.1, -0.05) is 11.8 Å².